The lowest BCUT2D eigenvalue weighted by Crippen LogP contribution is -2.34. The fourth-order valence-corrected chi connectivity index (χ4v) is 3.60. The van der Waals surface area contributed by atoms with Crippen molar-refractivity contribution in [1.82, 2.24) is 0 Å². The minimum absolute atomic E-state index is 0.656. The van der Waals surface area contributed by atoms with Crippen LogP contribution >= 0.6 is 0 Å². The van der Waals surface area contributed by atoms with Gasteiger partial charge in [0, 0.05) is 17.2 Å². The van der Waals surface area contributed by atoms with Crippen LogP contribution in [-0.4, -0.2) is 0 Å². The Labute approximate surface area is 122 Å². The molecule has 0 fully saturated rings. The van der Waals surface area contributed by atoms with Crippen LogP contribution in [0.15, 0.2) is 36.5 Å². The summed E-state index contributed by atoms with van der Waals surface area (Å²) >= 11 is 0. The van der Waals surface area contributed by atoms with Crippen molar-refractivity contribution in [3.05, 3.63) is 53.2 Å². The number of aryl methyl sites for hydroxylation is 2. The van der Waals surface area contributed by atoms with E-state index in [9.17, 15) is 0 Å². The van der Waals surface area contributed by atoms with Gasteiger partial charge in [0.05, 0.1) is 0 Å². The summed E-state index contributed by atoms with van der Waals surface area (Å²) in [5.41, 5.74) is 7.29. The number of nitrogens with zero attached hydrogens (tertiary/aromatic N) is 1. The van der Waals surface area contributed by atoms with Gasteiger partial charge in [-0.1, -0.05) is 32.0 Å². The lowest BCUT2D eigenvalue weighted by molar-refractivity contribution is -0.660. The summed E-state index contributed by atoms with van der Waals surface area (Å²) in [6.45, 7) is 6.96. The van der Waals surface area contributed by atoms with E-state index in [1.165, 1.54) is 29.7 Å². The van der Waals surface area contributed by atoms with Gasteiger partial charge in [-0.15, -0.1) is 0 Å². The van der Waals surface area contributed by atoms with Gasteiger partial charge in [0.2, 0.25) is 5.69 Å². The molecule has 0 N–H and O–H groups in total. The second-order valence-electron chi connectivity index (χ2n) is 6.34. The minimum atomic E-state index is 0.656. The van der Waals surface area contributed by atoms with E-state index in [0.29, 0.717) is 11.8 Å². The normalized spacial score (nSPS) is 21.6. The fourth-order valence-electron chi connectivity index (χ4n) is 3.60. The zero-order chi connectivity index (χ0) is 14.3. The molecule has 1 heterocycles. The highest BCUT2D eigenvalue weighted by molar-refractivity contribution is 5.66. The molecule has 0 bridgehead atoms. The highest BCUT2D eigenvalue weighted by Gasteiger charge is 2.30. The molecule has 0 aliphatic heterocycles. The third-order valence-corrected chi connectivity index (χ3v) is 4.85. The standard InChI is InChI=1S/C19H24N/c1-13-7-5-6-8-17(13)19-18-15(3)10-9-14(2)16(18)11-12-20(19)4/h5-8,11-12,14-15H,9-10H2,1-4H3/q+1. The number of benzene rings is 1. The van der Waals surface area contributed by atoms with Crippen LogP contribution in [0.25, 0.3) is 11.3 Å². The average Bonchev–Trinajstić information content (AvgIpc) is 2.44. The van der Waals surface area contributed by atoms with E-state index in [2.05, 4.69) is 68.9 Å². The van der Waals surface area contributed by atoms with Crippen LogP contribution in [-0.2, 0) is 7.05 Å². The van der Waals surface area contributed by atoms with E-state index in [1.54, 1.807) is 11.1 Å². The van der Waals surface area contributed by atoms with Crippen molar-refractivity contribution in [3.8, 4) is 11.3 Å². The Balaban J connectivity index is 2.31. The van der Waals surface area contributed by atoms with Gasteiger partial charge in [-0.3, -0.25) is 0 Å². The molecule has 0 saturated carbocycles. The van der Waals surface area contributed by atoms with Gasteiger partial charge in [0.15, 0.2) is 6.20 Å². The quantitative estimate of drug-likeness (QED) is 0.670. The predicted octanol–water partition coefficient (Wildman–Crippen LogP) is 4.49. The van der Waals surface area contributed by atoms with Crippen molar-refractivity contribution >= 4 is 0 Å². The molecular formula is C19H24N+. The molecule has 1 aliphatic carbocycles. The Kier molecular flexibility index (Phi) is 3.37. The smallest absolute Gasteiger partial charge is 0.201 e. The monoisotopic (exact) mass is 266 g/mol. The number of hydrogen-bond donors (Lipinski definition) is 0. The van der Waals surface area contributed by atoms with Gasteiger partial charge in [0.1, 0.15) is 7.05 Å². The Hall–Kier alpha value is -1.63. The number of fused-ring (bicyclic) bond motifs is 1. The second-order valence-corrected chi connectivity index (χ2v) is 6.34. The zero-order valence-electron chi connectivity index (χ0n) is 13.0. The van der Waals surface area contributed by atoms with Crippen LogP contribution in [0.2, 0.25) is 0 Å². The minimum Gasteiger partial charge on any atom is -0.201 e. The van der Waals surface area contributed by atoms with Crippen LogP contribution in [0, 0.1) is 6.92 Å². The average molecular weight is 266 g/mol. The molecule has 0 amide bonds. The molecule has 1 heteroatoms. The number of pyridine rings is 1. The third-order valence-electron chi connectivity index (χ3n) is 4.85. The molecule has 1 aromatic carbocycles. The molecule has 1 nitrogen and oxygen atoms in total. The Bertz CT molecular complexity index is 642. The van der Waals surface area contributed by atoms with Crippen molar-refractivity contribution in [3.63, 3.8) is 0 Å². The summed E-state index contributed by atoms with van der Waals surface area (Å²) in [5.74, 6) is 1.34. The molecular weight excluding hydrogens is 242 g/mol. The molecule has 2 unspecified atom stereocenters. The van der Waals surface area contributed by atoms with Crippen molar-refractivity contribution in [2.45, 2.75) is 45.4 Å². The molecule has 104 valence electrons. The number of hydrogen-bond acceptors (Lipinski definition) is 0. The first-order valence-corrected chi connectivity index (χ1v) is 7.68. The molecule has 0 saturated heterocycles. The van der Waals surface area contributed by atoms with Gasteiger partial charge in [-0.25, -0.2) is 4.57 Å². The van der Waals surface area contributed by atoms with E-state index in [0.717, 1.165) is 0 Å². The molecule has 20 heavy (non-hydrogen) atoms. The van der Waals surface area contributed by atoms with Crippen LogP contribution in [0.5, 0.6) is 0 Å². The first-order chi connectivity index (χ1) is 9.59. The van der Waals surface area contributed by atoms with Crippen LogP contribution in [0.4, 0.5) is 0 Å². The maximum absolute atomic E-state index is 2.38. The summed E-state index contributed by atoms with van der Waals surface area (Å²) in [4.78, 5) is 0. The summed E-state index contributed by atoms with van der Waals surface area (Å²) in [7, 11) is 2.17. The number of rotatable bonds is 1. The fraction of sp³-hybridized carbons (Fsp3) is 0.421. The molecule has 1 aromatic heterocycles. The van der Waals surface area contributed by atoms with E-state index in [4.69, 9.17) is 0 Å². The van der Waals surface area contributed by atoms with Crippen molar-refractivity contribution in [1.29, 1.82) is 0 Å². The van der Waals surface area contributed by atoms with Gasteiger partial charge < -0.3 is 0 Å². The van der Waals surface area contributed by atoms with E-state index in [-0.39, 0.29) is 0 Å². The van der Waals surface area contributed by atoms with Crippen molar-refractivity contribution < 1.29 is 4.57 Å². The Morgan fingerprint density at radius 1 is 1.00 bits per heavy atom. The summed E-state index contributed by atoms with van der Waals surface area (Å²) < 4.78 is 2.30. The molecule has 1 aliphatic rings. The predicted molar refractivity (Wildman–Crippen MR) is 83.9 cm³/mol. The maximum atomic E-state index is 2.38. The first-order valence-electron chi connectivity index (χ1n) is 7.68. The molecule has 0 spiro atoms. The molecule has 2 aromatic rings. The summed E-state index contributed by atoms with van der Waals surface area (Å²) in [6.07, 6.45) is 4.85. The Morgan fingerprint density at radius 2 is 1.70 bits per heavy atom. The van der Waals surface area contributed by atoms with Gasteiger partial charge >= 0.3 is 0 Å². The lowest BCUT2D eigenvalue weighted by atomic mass is 9.76. The molecule has 2 atom stereocenters. The number of aromatic nitrogens is 1. The van der Waals surface area contributed by atoms with E-state index in [1.807, 2.05) is 0 Å². The molecule has 0 radical (unpaired) electrons. The van der Waals surface area contributed by atoms with Gasteiger partial charge in [-0.05, 0) is 48.8 Å². The maximum Gasteiger partial charge on any atom is 0.216 e. The van der Waals surface area contributed by atoms with Crippen molar-refractivity contribution in [2.24, 2.45) is 7.05 Å². The second kappa shape index (κ2) is 5.05. The van der Waals surface area contributed by atoms with E-state index >= 15 is 0 Å². The van der Waals surface area contributed by atoms with Crippen molar-refractivity contribution in [2.75, 3.05) is 0 Å². The van der Waals surface area contributed by atoms with Crippen LogP contribution < -0.4 is 4.57 Å². The van der Waals surface area contributed by atoms with E-state index < -0.39 is 0 Å². The van der Waals surface area contributed by atoms with Gasteiger partial charge in [-0.2, -0.15) is 0 Å². The zero-order valence-corrected chi connectivity index (χ0v) is 13.0. The highest BCUT2D eigenvalue weighted by atomic mass is 14.9. The SMILES string of the molecule is Cc1ccccc1-c1c2c(cc[n+]1C)C(C)CCC2C. The summed E-state index contributed by atoms with van der Waals surface area (Å²) in [5, 5.41) is 0. The van der Waals surface area contributed by atoms with Gasteiger partial charge in [0.25, 0.3) is 0 Å². The Morgan fingerprint density at radius 3 is 2.45 bits per heavy atom. The van der Waals surface area contributed by atoms with Crippen LogP contribution in [0.1, 0.15) is 55.2 Å². The van der Waals surface area contributed by atoms with Crippen LogP contribution in [0.3, 0.4) is 0 Å². The summed E-state index contributed by atoms with van der Waals surface area (Å²) in [6, 6.07) is 11.1. The first kappa shape index (κ1) is 13.4. The third kappa shape index (κ3) is 2.06. The topological polar surface area (TPSA) is 3.88 Å². The highest BCUT2D eigenvalue weighted by Crippen LogP contribution is 2.42. The lowest BCUT2D eigenvalue weighted by Gasteiger charge is -2.28. The largest absolute Gasteiger partial charge is 0.216 e. The molecule has 3 rings (SSSR count).